The van der Waals surface area contributed by atoms with Crippen molar-refractivity contribution in [2.45, 2.75) is 13.3 Å². The molecule has 1 heterocycles. The first-order valence-electron chi connectivity index (χ1n) is 5.04. The van der Waals surface area contributed by atoms with Gasteiger partial charge in [0.25, 0.3) is 5.91 Å². The van der Waals surface area contributed by atoms with E-state index in [4.69, 9.17) is 10.4 Å². The number of H-pyrrole nitrogens is 1. The molecule has 7 nitrogen and oxygen atoms in total. The smallest absolute Gasteiger partial charge is 0.354 e. The van der Waals surface area contributed by atoms with Gasteiger partial charge < -0.3 is 15.0 Å². The molecule has 7 heteroatoms. The first-order valence-corrected chi connectivity index (χ1v) is 5.04. The number of aromatic carboxylic acids is 1. The molecule has 0 atom stereocenters. The Hall–Kier alpha value is -2.36. The summed E-state index contributed by atoms with van der Waals surface area (Å²) < 4.78 is 0. The van der Waals surface area contributed by atoms with Gasteiger partial charge >= 0.3 is 5.97 Å². The SMILES string of the molecule is CCN(CCC#N)C(=O)c1nc[nH]c1C(=O)O. The Morgan fingerprint density at radius 2 is 2.35 bits per heavy atom. The van der Waals surface area contributed by atoms with Crippen LogP contribution < -0.4 is 0 Å². The van der Waals surface area contributed by atoms with Crippen molar-refractivity contribution < 1.29 is 14.7 Å². The van der Waals surface area contributed by atoms with Crippen molar-refractivity contribution in [3.05, 3.63) is 17.7 Å². The number of carbonyl (C=O) groups excluding carboxylic acids is 1. The van der Waals surface area contributed by atoms with Crippen LogP contribution in [0.25, 0.3) is 0 Å². The molecular weight excluding hydrogens is 224 g/mol. The summed E-state index contributed by atoms with van der Waals surface area (Å²) in [7, 11) is 0. The van der Waals surface area contributed by atoms with Crippen LogP contribution >= 0.6 is 0 Å². The summed E-state index contributed by atoms with van der Waals surface area (Å²) >= 11 is 0. The van der Waals surface area contributed by atoms with E-state index in [-0.39, 0.29) is 24.4 Å². The quantitative estimate of drug-likeness (QED) is 0.772. The molecule has 90 valence electrons. The number of carboxylic acids is 1. The topological polar surface area (TPSA) is 110 Å². The van der Waals surface area contributed by atoms with Crippen molar-refractivity contribution in [1.82, 2.24) is 14.9 Å². The fourth-order valence-electron chi connectivity index (χ4n) is 1.36. The molecule has 0 aliphatic rings. The van der Waals surface area contributed by atoms with Gasteiger partial charge in [-0.1, -0.05) is 0 Å². The molecule has 2 N–H and O–H groups in total. The first-order chi connectivity index (χ1) is 8.11. The highest BCUT2D eigenvalue weighted by Gasteiger charge is 2.23. The normalized spacial score (nSPS) is 9.65. The molecule has 0 radical (unpaired) electrons. The maximum absolute atomic E-state index is 11.9. The van der Waals surface area contributed by atoms with Crippen LogP contribution in [0.15, 0.2) is 6.33 Å². The summed E-state index contributed by atoms with van der Waals surface area (Å²) in [6.45, 7) is 2.41. The van der Waals surface area contributed by atoms with Crippen LogP contribution in [0.2, 0.25) is 0 Å². The molecule has 0 aliphatic heterocycles. The van der Waals surface area contributed by atoms with Crippen molar-refractivity contribution in [2.24, 2.45) is 0 Å². The monoisotopic (exact) mass is 236 g/mol. The van der Waals surface area contributed by atoms with Crippen molar-refractivity contribution in [2.75, 3.05) is 13.1 Å². The second-order valence-electron chi connectivity index (χ2n) is 3.22. The van der Waals surface area contributed by atoms with Gasteiger partial charge in [-0.2, -0.15) is 5.26 Å². The molecule has 17 heavy (non-hydrogen) atoms. The number of nitrogens with zero attached hydrogens (tertiary/aromatic N) is 3. The van der Waals surface area contributed by atoms with Gasteiger partial charge in [0.05, 0.1) is 18.8 Å². The van der Waals surface area contributed by atoms with Gasteiger partial charge in [0.1, 0.15) is 0 Å². The van der Waals surface area contributed by atoms with Gasteiger partial charge in [0.15, 0.2) is 11.4 Å². The lowest BCUT2D eigenvalue weighted by Crippen LogP contribution is -2.33. The van der Waals surface area contributed by atoms with E-state index in [1.807, 2.05) is 6.07 Å². The standard InChI is InChI=1S/C10H12N4O3/c1-2-14(5-3-4-11)9(15)7-8(10(16)17)13-6-12-7/h6H,2-3,5H2,1H3,(H,12,13)(H,16,17). The number of carbonyl (C=O) groups is 2. The van der Waals surface area contributed by atoms with Crippen LogP contribution in [0.5, 0.6) is 0 Å². The summed E-state index contributed by atoms with van der Waals surface area (Å²) in [4.78, 5) is 30.2. The number of carboxylic acid groups (broad SMARTS) is 1. The van der Waals surface area contributed by atoms with E-state index in [0.717, 1.165) is 6.33 Å². The van der Waals surface area contributed by atoms with E-state index in [0.29, 0.717) is 6.54 Å². The number of hydrogen-bond donors (Lipinski definition) is 2. The summed E-state index contributed by atoms with van der Waals surface area (Å²) in [5.74, 6) is -1.72. The maximum Gasteiger partial charge on any atom is 0.354 e. The average Bonchev–Trinajstić information content (AvgIpc) is 2.78. The Labute approximate surface area is 97.7 Å². The van der Waals surface area contributed by atoms with E-state index in [9.17, 15) is 9.59 Å². The van der Waals surface area contributed by atoms with Crippen LogP contribution in [0, 0.1) is 11.3 Å². The largest absolute Gasteiger partial charge is 0.477 e. The lowest BCUT2D eigenvalue weighted by molar-refractivity contribution is 0.0670. The highest BCUT2D eigenvalue weighted by atomic mass is 16.4. The Bertz CT molecular complexity index is 460. The molecular formula is C10H12N4O3. The van der Waals surface area contributed by atoms with Crippen molar-refractivity contribution in [1.29, 1.82) is 5.26 Å². The zero-order valence-electron chi connectivity index (χ0n) is 9.30. The molecule has 0 fully saturated rings. The molecule has 1 aromatic rings. The van der Waals surface area contributed by atoms with Crippen LogP contribution in [0.3, 0.4) is 0 Å². The second-order valence-corrected chi connectivity index (χ2v) is 3.22. The fourth-order valence-corrected chi connectivity index (χ4v) is 1.36. The molecule has 0 aliphatic carbocycles. The fraction of sp³-hybridized carbons (Fsp3) is 0.400. The molecule has 0 aromatic carbocycles. The Kier molecular flexibility index (Phi) is 4.22. The third-order valence-electron chi connectivity index (χ3n) is 2.22. The minimum absolute atomic E-state index is 0.128. The molecule has 1 amide bonds. The summed E-state index contributed by atoms with van der Waals surface area (Å²) in [5.41, 5.74) is -0.359. The van der Waals surface area contributed by atoms with E-state index in [1.165, 1.54) is 4.90 Å². The molecule has 0 bridgehead atoms. The third kappa shape index (κ3) is 2.81. The predicted octanol–water partition coefficient (Wildman–Crippen LogP) is 0.484. The van der Waals surface area contributed by atoms with Crippen LogP contribution in [0.1, 0.15) is 34.3 Å². The summed E-state index contributed by atoms with van der Waals surface area (Å²) in [5, 5.41) is 17.3. The van der Waals surface area contributed by atoms with E-state index in [2.05, 4.69) is 9.97 Å². The van der Waals surface area contributed by atoms with Crippen LogP contribution in [-0.4, -0.2) is 44.9 Å². The number of rotatable bonds is 5. The Balaban J connectivity index is 2.90. The second kappa shape index (κ2) is 5.65. The van der Waals surface area contributed by atoms with Crippen molar-refractivity contribution >= 4 is 11.9 Å². The molecule has 0 saturated carbocycles. The summed E-state index contributed by atoms with van der Waals surface area (Å²) in [6.07, 6.45) is 1.36. The number of hydrogen-bond acceptors (Lipinski definition) is 4. The average molecular weight is 236 g/mol. The zero-order valence-corrected chi connectivity index (χ0v) is 9.30. The molecule has 1 aromatic heterocycles. The molecule has 0 unspecified atom stereocenters. The van der Waals surface area contributed by atoms with E-state index < -0.39 is 11.9 Å². The zero-order chi connectivity index (χ0) is 12.8. The predicted molar refractivity (Wildman–Crippen MR) is 57.4 cm³/mol. The molecule has 0 spiro atoms. The number of aromatic amines is 1. The van der Waals surface area contributed by atoms with E-state index in [1.54, 1.807) is 6.92 Å². The molecule has 1 rings (SSSR count). The number of imidazole rings is 1. The van der Waals surface area contributed by atoms with Crippen LogP contribution in [-0.2, 0) is 0 Å². The van der Waals surface area contributed by atoms with Gasteiger partial charge in [0, 0.05) is 13.1 Å². The van der Waals surface area contributed by atoms with Gasteiger partial charge in [-0.25, -0.2) is 9.78 Å². The lowest BCUT2D eigenvalue weighted by atomic mass is 10.2. The Morgan fingerprint density at radius 1 is 1.65 bits per heavy atom. The molecule has 0 saturated heterocycles. The number of aromatic nitrogens is 2. The van der Waals surface area contributed by atoms with Crippen molar-refractivity contribution in [3.8, 4) is 6.07 Å². The number of amides is 1. The highest BCUT2D eigenvalue weighted by Crippen LogP contribution is 2.07. The van der Waals surface area contributed by atoms with Gasteiger partial charge in [-0.05, 0) is 6.92 Å². The van der Waals surface area contributed by atoms with Crippen molar-refractivity contribution in [3.63, 3.8) is 0 Å². The van der Waals surface area contributed by atoms with Gasteiger partial charge in [-0.3, -0.25) is 4.79 Å². The van der Waals surface area contributed by atoms with Gasteiger partial charge in [0.2, 0.25) is 0 Å². The maximum atomic E-state index is 11.9. The number of nitrogens with one attached hydrogen (secondary N) is 1. The third-order valence-corrected chi connectivity index (χ3v) is 2.22. The lowest BCUT2D eigenvalue weighted by Gasteiger charge is -2.18. The minimum Gasteiger partial charge on any atom is -0.477 e. The highest BCUT2D eigenvalue weighted by molar-refractivity contribution is 6.02. The van der Waals surface area contributed by atoms with E-state index >= 15 is 0 Å². The van der Waals surface area contributed by atoms with Gasteiger partial charge in [-0.15, -0.1) is 0 Å². The first kappa shape index (κ1) is 12.7. The minimum atomic E-state index is -1.23. The Morgan fingerprint density at radius 3 is 2.88 bits per heavy atom. The number of nitriles is 1. The van der Waals surface area contributed by atoms with Crippen LogP contribution in [0.4, 0.5) is 0 Å². The summed E-state index contributed by atoms with van der Waals surface area (Å²) in [6, 6.07) is 1.93.